The highest BCUT2D eigenvalue weighted by Crippen LogP contribution is 2.41. The topological polar surface area (TPSA) is 53.1 Å². The van der Waals surface area contributed by atoms with Crippen LogP contribution in [-0.2, 0) is 21.9 Å². The standard InChI is InChI=1S/C29H32F7N3O3/c1-16-9-21(30)5-6-23(16)25-15-38(22-13-39(14-22)27(41)42-4)8-7-24(25)26(40)37(3)17(2)18-10-19(28(31,32)33)12-20(11-18)29(34,35)36/h5-6,9-12,17,22,24-25H,7-8,13-15H2,1-4H3/t17-,24-,25+/m0/s1. The summed E-state index contributed by atoms with van der Waals surface area (Å²) in [5, 5.41) is 0. The Morgan fingerprint density at radius 1 is 0.976 bits per heavy atom. The van der Waals surface area contributed by atoms with Gasteiger partial charge in [0.25, 0.3) is 0 Å². The first-order valence-electron chi connectivity index (χ1n) is 13.4. The normalized spacial score (nSPS) is 21.1. The lowest BCUT2D eigenvalue weighted by molar-refractivity contribution is -0.143. The van der Waals surface area contributed by atoms with E-state index in [4.69, 9.17) is 4.74 Å². The molecule has 4 rings (SSSR count). The van der Waals surface area contributed by atoms with Crippen LogP contribution in [0.1, 0.15) is 53.1 Å². The molecule has 6 nitrogen and oxygen atoms in total. The summed E-state index contributed by atoms with van der Waals surface area (Å²) >= 11 is 0. The Hall–Kier alpha value is -3.35. The van der Waals surface area contributed by atoms with Crippen LogP contribution in [0.25, 0.3) is 0 Å². The van der Waals surface area contributed by atoms with E-state index in [2.05, 4.69) is 4.90 Å². The Labute approximate surface area is 239 Å². The molecule has 2 aromatic rings. The number of alkyl halides is 6. The van der Waals surface area contributed by atoms with E-state index in [1.54, 1.807) is 17.9 Å². The van der Waals surface area contributed by atoms with E-state index in [-0.39, 0.29) is 17.7 Å². The number of benzene rings is 2. The van der Waals surface area contributed by atoms with Crippen LogP contribution in [0.15, 0.2) is 36.4 Å². The van der Waals surface area contributed by atoms with Crippen LogP contribution >= 0.6 is 0 Å². The van der Waals surface area contributed by atoms with Crippen LogP contribution in [0.4, 0.5) is 35.5 Å². The highest BCUT2D eigenvalue weighted by molar-refractivity contribution is 5.80. The molecule has 0 saturated carbocycles. The van der Waals surface area contributed by atoms with E-state index in [0.717, 1.165) is 5.56 Å². The number of carbonyl (C=O) groups excluding carboxylic acids is 2. The lowest BCUT2D eigenvalue weighted by atomic mass is 9.77. The van der Waals surface area contributed by atoms with Gasteiger partial charge in [0.2, 0.25) is 5.91 Å². The molecule has 3 atom stereocenters. The molecule has 2 amide bonds. The summed E-state index contributed by atoms with van der Waals surface area (Å²) < 4.78 is 99.5. The predicted octanol–water partition coefficient (Wildman–Crippen LogP) is 6.25. The van der Waals surface area contributed by atoms with Gasteiger partial charge in [0.05, 0.1) is 24.3 Å². The third kappa shape index (κ3) is 6.50. The number of carbonyl (C=O) groups is 2. The number of hydrogen-bond acceptors (Lipinski definition) is 4. The van der Waals surface area contributed by atoms with Gasteiger partial charge in [0, 0.05) is 44.6 Å². The van der Waals surface area contributed by atoms with Gasteiger partial charge in [0.15, 0.2) is 0 Å². The van der Waals surface area contributed by atoms with Crippen molar-refractivity contribution in [1.29, 1.82) is 0 Å². The zero-order valence-electron chi connectivity index (χ0n) is 23.5. The van der Waals surface area contributed by atoms with E-state index >= 15 is 0 Å². The summed E-state index contributed by atoms with van der Waals surface area (Å²) in [5.41, 5.74) is -1.85. The number of aryl methyl sites for hydroxylation is 1. The maximum absolute atomic E-state index is 14.0. The number of ether oxygens (including phenoxy) is 1. The maximum atomic E-state index is 14.0. The number of rotatable bonds is 5. The van der Waals surface area contributed by atoms with Crippen molar-refractivity contribution in [3.63, 3.8) is 0 Å². The van der Waals surface area contributed by atoms with Crippen molar-refractivity contribution in [2.75, 3.05) is 40.3 Å². The fourth-order valence-corrected chi connectivity index (χ4v) is 5.84. The van der Waals surface area contributed by atoms with E-state index in [0.29, 0.717) is 50.3 Å². The van der Waals surface area contributed by atoms with Crippen molar-refractivity contribution in [2.24, 2.45) is 5.92 Å². The van der Waals surface area contributed by atoms with Gasteiger partial charge in [-0.25, -0.2) is 9.18 Å². The first kappa shape index (κ1) is 31.6. The van der Waals surface area contributed by atoms with Crippen LogP contribution in [0.2, 0.25) is 0 Å². The molecule has 2 aromatic carbocycles. The predicted molar refractivity (Wildman–Crippen MR) is 139 cm³/mol. The molecule has 2 heterocycles. The van der Waals surface area contributed by atoms with Crippen molar-refractivity contribution in [2.45, 2.75) is 50.6 Å². The van der Waals surface area contributed by atoms with Crippen molar-refractivity contribution in [3.8, 4) is 0 Å². The Bertz CT molecular complexity index is 1290. The molecule has 0 N–H and O–H groups in total. The van der Waals surface area contributed by atoms with Gasteiger partial charge in [-0.15, -0.1) is 0 Å². The molecule has 230 valence electrons. The maximum Gasteiger partial charge on any atom is 0.416 e. The van der Waals surface area contributed by atoms with Crippen LogP contribution in [0, 0.1) is 18.7 Å². The lowest BCUT2D eigenvalue weighted by Gasteiger charge is -2.49. The number of piperidine rings is 1. The molecule has 0 unspecified atom stereocenters. The Morgan fingerprint density at radius 3 is 2.10 bits per heavy atom. The van der Waals surface area contributed by atoms with Crippen LogP contribution < -0.4 is 0 Å². The summed E-state index contributed by atoms with van der Waals surface area (Å²) in [6.07, 6.45) is -10.1. The number of halogens is 7. The van der Waals surface area contributed by atoms with Crippen molar-refractivity contribution < 1.29 is 45.1 Å². The molecule has 2 saturated heterocycles. The Kier molecular flexibility index (Phi) is 8.82. The van der Waals surface area contributed by atoms with Gasteiger partial charge in [0.1, 0.15) is 5.82 Å². The fourth-order valence-electron chi connectivity index (χ4n) is 5.84. The number of methoxy groups -OCH3 is 1. The molecule has 42 heavy (non-hydrogen) atoms. The summed E-state index contributed by atoms with van der Waals surface area (Å²) in [7, 11) is 2.66. The van der Waals surface area contributed by atoms with E-state index < -0.39 is 59.2 Å². The lowest BCUT2D eigenvalue weighted by Crippen LogP contribution is -2.63. The molecule has 0 bridgehead atoms. The van der Waals surface area contributed by atoms with Crippen LogP contribution in [0.3, 0.4) is 0 Å². The van der Waals surface area contributed by atoms with Gasteiger partial charge in [-0.2, -0.15) is 26.3 Å². The minimum Gasteiger partial charge on any atom is -0.453 e. The molecule has 2 aliphatic heterocycles. The monoisotopic (exact) mass is 603 g/mol. The Balaban J connectivity index is 1.61. The largest absolute Gasteiger partial charge is 0.453 e. The number of amides is 2. The van der Waals surface area contributed by atoms with Crippen molar-refractivity contribution >= 4 is 12.0 Å². The zero-order chi connectivity index (χ0) is 31.1. The first-order chi connectivity index (χ1) is 19.5. The van der Waals surface area contributed by atoms with Crippen molar-refractivity contribution in [1.82, 2.24) is 14.7 Å². The first-order valence-corrected chi connectivity index (χ1v) is 13.4. The summed E-state index contributed by atoms with van der Waals surface area (Å²) in [6.45, 7) is 4.86. The second kappa shape index (κ2) is 11.7. The average Bonchev–Trinajstić information content (AvgIpc) is 2.89. The molecule has 13 heteroatoms. The van der Waals surface area contributed by atoms with Gasteiger partial charge >= 0.3 is 18.4 Å². The Morgan fingerprint density at radius 2 is 1.57 bits per heavy atom. The molecule has 0 aromatic heterocycles. The van der Waals surface area contributed by atoms with E-state index in [9.17, 15) is 40.3 Å². The van der Waals surface area contributed by atoms with Gasteiger partial charge in [-0.1, -0.05) is 6.07 Å². The molecule has 0 radical (unpaired) electrons. The fraction of sp³-hybridized carbons (Fsp3) is 0.517. The summed E-state index contributed by atoms with van der Waals surface area (Å²) in [6, 6.07) is 4.50. The smallest absolute Gasteiger partial charge is 0.416 e. The quantitative estimate of drug-likeness (QED) is 0.380. The minimum absolute atomic E-state index is 0.0194. The third-order valence-corrected chi connectivity index (χ3v) is 8.43. The van der Waals surface area contributed by atoms with Gasteiger partial charge in [-0.3, -0.25) is 9.69 Å². The minimum atomic E-state index is -5.01. The molecular weight excluding hydrogens is 571 g/mol. The molecule has 0 spiro atoms. The highest BCUT2D eigenvalue weighted by Gasteiger charge is 2.44. The third-order valence-electron chi connectivity index (χ3n) is 8.43. The summed E-state index contributed by atoms with van der Waals surface area (Å²) in [5.74, 6) is -1.98. The van der Waals surface area contributed by atoms with Gasteiger partial charge in [-0.05, 0) is 73.8 Å². The average molecular weight is 604 g/mol. The summed E-state index contributed by atoms with van der Waals surface area (Å²) in [4.78, 5) is 30.6. The molecule has 2 aliphatic rings. The number of nitrogens with zero attached hydrogens (tertiary/aromatic N) is 3. The number of likely N-dealkylation sites (tertiary alicyclic amines) is 2. The molecular formula is C29H32F7N3O3. The number of hydrogen-bond donors (Lipinski definition) is 0. The van der Waals surface area contributed by atoms with E-state index in [1.807, 2.05) is 0 Å². The zero-order valence-corrected chi connectivity index (χ0v) is 23.5. The van der Waals surface area contributed by atoms with Crippen LogP contribution in [-0.4, -0.2) is 73.1 Å². The highest BCUT2D eigenvalue weighted by atomic mass is 19.4. The molecule has 2 fully saturated rings. The van der Waals surface area contributed by atoms with Crippen LogP contribution in [0.5, 0.6) is 0 Å². The van der Waals surface area contributed by atoms with Gasteiger partial charge < -0.3 is 14.5 Å². The van der Waals surface area contributed by atoms with E-state index in [1.165, 1.54) is 38.1 Å². The second-order valence-electron chi connectivity index (χ2n) is 11.0. The van der Waals surface area contributed by atoms with Crippen molar-refractivity contribution in [3.05, 3.63) is 70.0 Å². The SMILES string of the molecule is COC(=O)N1CC(N2CC[C@H](C(=O)N(C)[C@@H](C)c3cc(C(F)(F)F)cc(C(F)(F)F)c3)[C@@H](c3ccc(F)cc3C)C2)C1. The molecule has 0 aliphatic carbocycles. The second-order valence-corrected chi connectivity index (χ2v) is 11.0.